The summed E-state index contributed by atoms with van der Waals surface area (Å²) in [6.45, 7) is 0.467. The Morgan fingerprint density at radius 2 is 1.55 bits per heavy atom. The Bertz CT molecular complexity index is 1970. The molecule has 210 valence electrons. The predicted octanol–water partition coefficient (Wildman–Crippen LogP) is 8.02. The van der Waals surface area contributed by atoms with Crippen LogP contribution in [0.1, 0.15) is 5.56 Å². The second-order valence-electron chi connectivity index (χ2n) is 9.28. The predicted molar refractivity (Wildman–Crippen MR) is 169 cm³/mol. The summed E-state index contributed by atoms with van der Waals surface area (Å²) in [5.74, 6) is 1.95. The number of ether oxygens (including phenoxy) is 1. The quantitative estimate of drug-likeness (QED) is 0.163. The van der Waals surface area contributed by atoms with Gasteiger partial charge in [0.25, 0.3) is 10.0 Å². The van der Waals surface area contributed by atoms with Crippen molar-refractivity contribution < 1.29 is 13.2 Å². The average molecular weight is 661 g/mol. The number of hydrogen-bond acceptors (Lipinski definition) is 6. The van der Waals surface area contributed by atoms with Crippen molar-refractivity contribution in [3.05, 3.63) is 130 Å². The zero-order valence-corrected chi connectivity index (χ0v) is 25.1. The SMILES string of the molecule is O=S(=O)(Nc1ccc(CNc2cc(-c3ccccc3Cl)nc3c(Br)cnn23)cc1)c1ccc(Oc2ccccc2)cc1. The first-order valence-corrected chi connectivity index (χ1v) is 15.5. The summed E-state index contributed by atoms with van der Waals surface area (Å²) in [7, 11) is -3.78. The Balaban J connectivity index is 1.14. The highest BCUT2D eigenvalue weighted by molar-refractivity contribution is 9.10. The molecule has 0 aliphatic carbocycles. The van der Waals surface area contributed by atoms with Crippen LogP contribution in [0.4, 0.5) is 11.5 Å². The molecule has 0 aliphatic rings. The van der Waals surface area contributed by atoms with Gasteiger partial charge in [-0.15, -0.1) is 0 Å². The lowest BCUT2D eigenvalue weighted by Crippen LogP contribution is -2.13. The molecule has 0 aliphatic heterocycles. The van der Waals surface area contributed by atoms with E-state index in [9.17, 15) is 8.42 Å². The number of rotatable bonds is 9. The molecule has 2 aromatic heterocycles. The molecule has 2 N–H and O–H groups in total. The van der Waals surface area contributed by atoms with Crippen LogP contribution < -0.4 is 14.8 Å². The first kappa shape index (κ1) is 27.8. The van der Waals surface area contributed by atoms with Crippen LogP contribution >= 0.6 is 27.5 Å². The van der Waals surface area contributed by atoms with Crippen LogP contribution in [-0.2, 0) is 16.6 Å². The van der Waals surface area contributed by atoms with Crippen molar-refractivity contribution in [3.8, 4) is 22.8 Å². The zero-order valence-electron chi connectivity index (χ0n) is 21.9. The van der Waals surface area contributed by atoms with Gasteiger partial charge in [-0.3, -0.25) is 4.72 Å². The monoisotopic (exact) mass is 659 g/mol. The summed E-state index contributed by atoms with van der Waals surface area (Å²) >= 11 is 9.96. The van der Waals surface area contributed by atoms with Gasteiger partial charge in [0.05, 0.1) is 21.3 Å². The van der Waals surface area contributed by atoms with E-state index in [4.69, 9.17) is 21.3 Å². The zero-order chi connectivity index (χ0) is 29.1. The summed E-state index contributed by atoms with van der Waals surface area (Å²) in [6.07, 6.45) is 1.69. The van der Waals surface area contributed by atoms with Crippen LogP contribution in [-0.4, -0.2) is 23.0 Å². The highest BCUT2D eigenvalue weighted by Gasteiger charge is 2.16. The molecular formula is C31H23BrClN5O3S. The van der Waals surface area contributed by atoms with Gasteiger partial charge in [0.15, 0.2) is 5.65 Å². The van der Waals surface area contributed by atoms with E-state index < -0.39 is 10.0 Å². The van der Waals surface area contributed by atoms with Crippen molar-refractivity contribution in [2.45, 2.75) is 11.4 Å². The number of fused-ring (bicyclic) bond motifs is 1. The number of para-hydroxylation sites is 1. The largest absolute Gasteiger partial charge is 0.457 e. The van der Waals surface area contributed by atoms with Crippen LogP contribution in [0.25, 0.3) is 16.9 Å². The normalized spacial score (nSPS) is 11.4. The second kappa shape index (κ2) is 11.8. The van der Waals surface area contributed by atoms with Crippen LogP contribution in [0.5, 0.6) is 11.5 Å². The molecule has 0 atom stereocenters. The highest BCUT2D eigenvalue weighted by atomic mass is 79.9. The number of aromatic nitrogens is 3. The summed E-state index contributed by atoms with van der Waals surface area (Å²) in [6, 6.07) is 32.2. The summed E-state index contributed by atoms with van der Waals surface area (Å²) in [5.41, 5.74) is 3.57. The van der Waals surface area contributed by atoms with E-state index in [1.54, 1.807) is 35.0 Å². The van der Waals surface area contributed by atoms with Crippen LogP contribution in [0, 0.1) is 0 Å². The Labute approximate surface area is 256 Å². The third-order valence-corrected chi connectivity index (χ3v) is 8.66. The highest BCUT2D eigenvalue weighted by Crippen LogP contribution is 2.30. The fourth-order valence-electron chi connectivity index (χ4n) is 4.28. The van der Waals surface area contributed by atoms with Gasteiger partial charge in [-0.25, -0.2) is 13.4 Å². The van der Waals surface area contributed by atoms with E-state index in [1.165, 1.54) is 12.1 Å². The number of hydrogen-bond donors (Lipinski definition) is 2. The summed E-state index contributed by atoms with van der Waals surface area (Å²) in [4.78, 5) is 4.87. The molecule has 4 aromatic carbocycles. The first-order valence-electron chi connectivity index (χ1n) is 12.8. The van der Waals surface area contributed by atoms with E-state index in [0.717, 1.165) is 21.4 Å². The molecule has 8 nitrogen and oxygen atoms in total. The van der Waals surface area contributed by atoms with Crippen molar-refractivity contribution in [3.63, 3.8) is 0 Å². The number of sulfonamides is 1. The van der Waals surface area contributed by atoms with Crippen LogP contribution in [0.2, 0.25) is 5.02 Å². The average Bonchev–Trinajstić information content (AvgIpc) is 3.38. The lowest BCUT2D eigenvalue weighted by atomic mass is 10.1. The fourth-order valence-corrected chi connectivity index (χ4v) is 5.92. The molecule has 0 radical (unpaired) electrons. The van der Waals surface area contributed by atoms with Gasteiger partial charge in [-0.2, -0.15) is 9.61 Å². The van der Waals surface area contributed by atoms with E-state index in [-0.39, 0.29) is 4.90 Å². The lowest BCUT2D eigenvalue weighted by molar-refractivity contribution is 0.482. The number of halogens is 2. The van der Waals surface area contributed by atoms with Gasteiger partial charge < -0.3 is 10.1 Å². The summed E-state index contributed by atoms with van der Waals surface area (Å²) < 4.78 is 36.8. The third-order valence-electron chi connectivity index (χ3n) is 6.37. The molecule has 0 saturated heterocycles. The number of benzene rings is 4. The molecule has 0 unspecified atom stereocenters. The molecular weight excluding hydrogens is 638 g/mol. The van der Waals surface area contributed by atoms with E-state index in [2.05, 4.69) is 31.1 Å². The molecule has 0 saturated carbocycles. The molecule has 11 heteroatoms. The minimum Gasteiger partial charge on any atom is -0.457 e. The van der Waals surface area contributed by atoms with Crippen LogP contribution in [0.3, 0.4) is 0 Å². The van der Waals surface area contributed by atoms with Gasteiger partial charge in [-0.1, -0.05) is 60.1 Å². The Kier molecular flexibility index (Phi) is 7.84. The molecule has 0 fully saturated rings. The molecule has 0 spiro atoms. The van der Waals surface area contributed by atoms with Gasteiger partial charge in [0.2, 0.25) is 0 Å². The summed E-state index contributed by atoms with van der Waals surface area (Å²) in [5, 5.41) is 8.44. The Morgan fingerprint density at radius 3 is 2.29 bits per heavy atom. The maximum absolute atomic E-state index is 13.0. The third kappa shape index (κ3) is 6.11. The van der Waals surface area contributed by atoms with Gasteiger partial charge >= 0.3 is 0 Å². The standard InChI is InChI=1S/C31H23BrClN5O3S/c32-27-20-35-38-30(18-29(36-31(27)38)26-8-4-5-9-28(26)33)34-19-21-10-12-22(13-11-21)37-42(39,40)25-16-14-24(15-17-25)41-23-6-2-1-3-7-23/h1-18,20,34,37H,19H2. The maximum Gasteiger partial charge on any atom is 0.261 e. The lowest BCUT2D eigenvalue weighted by Gasteiger charge is -2.13. The first-order chi connectivity index (χ1) is 20.4. The van der Waals surface area contributed by atoms with Crippen molar-refractivity contribution in [2.24, 2.45) is 0 Å². The number of anilines is 2. The molecule has 0 amide bonds. The molecule has 0 bridgehead atoms. The van der Waals surface area contributed by atoms with E-state index in [0.29, 0.717) is 40.1 Å². The smallest absolute Gasteiger partial charge is 0.261 e. The maximum atomic E-state index is 13.0. The second-order valence-corrected chi connectivity index (χ2v) is 12.2. The van der Waals surface area contributed by atoms with Gasteiger partial charge in [-0.05, 0) is 76.1 Å². The Morgan fingerprint density at radius 1 is 0.857 bits per heavy atom. The number of nitrogens with one attached hydrogen (secondary N) is 2. The van der Waals surface area contributed by atoms with Crippen molar-refractivity contribution in [1.82, 2.24) is 14.6 Å². The molecule has 6 aromatic rings. The topological polar surface area (TPSA) is 97.6 Å². The molecule has 6 rings (SSSR count). The number of nitrogens with zero attached hydrogens (tertiary/aromatic N) is 3. The van der Waals surface area contributed by atoms with Crippen molar-refractivity contribution in [1.29, 1.82) is 0 Å². The minimum absolute atomic E-state index is 0.134. The van der Waals surface area contributed by atoms with E-state index >= 15 is 0 Å². The van der Waals surface area contributed by atoms with Gasteiger partial charge in [0.1, 0.15) is 17.3 Å². The van der Waals surface area contributed by atoms with Crippen molar-refractivity contribution in [2.75, 3.05) is 10.0 Å². The van der Waals surface area contributed by atoms with Crippen molar-refractivity contribution >= 4 is 54.7 Å². The molecule has 42 heavy (non-hydrogen) atoms. The van der Waals surface area contributed by atoms with E-state index in [1.807, 2.05) is 72.8 Å². The fraction of sp³-hybridized carbons (Fsp3) is 0.0323. The molecule has 2 heterocycles. The minimum atomic E-state index is -3.78. The van der Waals surface area contributed by atoms with Gasteiger partial charge in [0, 0.05) is 28.9 Å². The Hall–Kier alpha value is -4.38. The van der Waals surface area contributed by atoms with Crippen LogP contribution in [0.15, 0.2) is 125 Å².